The van der Waals surface area contributed by atoms with Crippen molar-refractivity contribution in [2.24, 2.45) is 0 Å². The van der Waals surface area contributed by atoms with E-state index in [0.717, 1.165) is 0 Å². The number of ether oxygens (including phenoxy) is 6. The summed E-state index contributed by atoms with van der Waals surface area (Å²) in [6.07, 6.45) is 0.390. The Morgan fingerprint density at radius 1 is 0.673 bits per heavy atom. The number of anilines is 2. The Morgan fingerprint density at radius 3 is 1.45 bits per heavy atom. The first kappa shape index (κ1) is 43.2. The third-order valence-corrected chi connectivity index (χ3v) is 8.76. The van der Waals surface area contributed by atoms with Gasteiger partial charge in [0.1, 0.15) is 36.4 Å². The Kier molecular flexibility index (Phi) is 15.6. The molecule has 0 aromatic carbocycles. The van der Waals surface area contributed by atoms with Crippen LogP contribution in [0.25, 0.3) is 22.3 Å². The summed E-state index contributed by atoms with van der Waals surface area (Å²) in [4.78, 5) is 68.9. The van der Waals surface area contributed by atoms with Crippen molar-refractivity contribution in [2.75, 3.05) is 43.6 Å². The van der Waals surface area contributed by atoms with Gasteiger partial charge in [0.2, 0.25) is 13.6 Å². The number of rotatable bonds is 22. The van der Waals surface area contributed by atoms with Crippen LogP contribution < -0.4 is 10.6 Å². The summed E-state index contributed by atoms with van der Waals surface area (Å²) in [7, 11) is -8.48. The molecule has 4 aromatic heterocycles. The summed E-state index contributed by atoms with van der Waals surface area (Å²) in [5, 5.41) is 6.27. The molecule has 304 valence electrons. The molecule has 0 aliphatic carbocycles. The minimum atomic E-state index is -4.24. The van der Waals surface area contributed by atoms with Gasteiger partial charge in [-0.05, 0) is 41.5 Å². The highest BCUT2D eigenvalue weighted by Gasteiger charge is 2.25. The van der Waals surface area contributed by atoms with E-state index in [4.69, 9.17) is 28.0 Å². The molecule has 4 rings (SSSR count). The molecule has 0 amide bonds. The van der Waals surface area contributed by atoms with Gasteiger partial charge in [0.25, 0.3) is 0 Å². The highest BCUT2D eigenvalue weighted by atomic mass is 31.2. The number of imidazole rings is 2. The number of carbonyl (C=O) groups is 2. The maximum atomic E-state index is 12.3. The van der Waals surface area contributed by atoms with Crippen molar-refractivity contribution in [1.29, 1.82) is 0 Å². The number of hydrogen-bond acceptors (Lipinski definition) is 20. The van der Waals surface area contributed by atoms with Gasteiger partial charge in [-0.25, -0.2) is 39.5 Å². The first-order valence-corrected chi connectivity index (χ1v) is 20.2. The maximum Gasteiger partial charge on any atom is 0.510 e. The highest BCUT2D eigenvalue weighted by Crippen LogP contribution is 2.42. The van der Waals surface area contributed by atoms with Gasteiger partial charge in [-0.3, -0.25) is 18.2 Å². The average molecular weight is 819 g/mol. The molecule has 26 heteroatoms. The lowest BCUT2D eigenvalue weighted by Crippen LogP contribution is -2.19. The molecular formula is C29H44N10O14P2. The molecule has 0 saturated heterocycles. The van der Waals surface area contributed by atoms with E-state index < -0.39 is 78.2 Å². The molecule has 4 heterocycles. The Labute approximate surface area is 314 Å². The quantitative estimate of drug-likeness (QED) is 0.0500. The molecule has 4 atom stereocenters. The molecule has 4 aromatic rings. The number of hydrogen-bond donors (Lipinski definition) is 4. The summed E-state index contributed by atoms with van der Waals surface area (Å²) >= 11 is 0. The van der Waals surface area contributed by atoms with E-state index in [0.29, 0.717) is 34.0 Å². The Bertz CT molecular complexity index is 1840. The zero-order chi connectivity index (χ0) is 40.2. The van der Waals surface area contributed by atoms with E-state index in [1.165, 1.54) is 25.3 Å². The Morgan fingerprint density at radius 2 is 1.07 bits per heavy atom. The lowest BCUT2D eigenvalue weighted by molar-refractivity contribution is -0.0165. The SMILES string of the molecule is CC(C)OC(=O)OCOP(=O)(O)CO[C@H](C)Cn1cnc2c(NCNc3ncnc4c3ncn4C[C@@H](C)OCP(=O)(O)OCOC(=O)OC(C)C)ncnc21. The van der Waals surface area contributed by atoms with Crippen molar-refractivity contribution in [3.63, 3.8) is 0 Å². The fraction of sp³-hybridized carbons (Fsp3) is 0.586. The van der Waals surface area contributed by atoms with Crippen LogP contribution in [-0.4, -0.2) is 119 Å². The normalized spacial score (nSPS) is 15.0. The molecule has 0 aliphatic heterocycles. The number of carbonyl (C=O) groups excluding carboxylic acids is 2. The van der Waals surface area contributed by atoms with Crippen LogP contribution >= 0.6 is 15.2 Å². The Hall–Kier alpha value is -4.54. The van der Waals surface area contributed by atoms with Gasteiger partial charge < -0.3 is 58.0 Å². The average Bonchev–Trinajstić information content (AvgIpc) is 3.70. The van der Waals surface area contributed by atoms with Crippen LogP contribution in [0.3, 0.4) is 0 Å². The lowest BCUT2D eigenvalue weighted by Gasteiger charge is -2.17. The third kappa shape index (κ3) is 13.9. The van der Waals surface area contributed by atoms with E-state index in [9.17, 15) is 28.5 Å². The van der Waals surface area contributed by atoms with Gasteiger partial charge in [0, 0.05) is 0 Å². The van der Waals surface area contributed by atoms with Crippen LogP contribution in [0.2, 0.25) is 0 Å². The van der Waals surface area contributed by atoms with Gasteiger partial charge in [-0.1, -0.05) is 0 Å². The molecule has 0 bridgehead atoms. The minimum absolute atomic E-state index is 0.145. The van der Waals surface area contributed by atoms with Crippen molar-refractivity contribution < 1.29 is 66.0 Å². The minimum Gasteiger partial charge on any atom is -0.432 e. The van der Waals surface area contributed by atoms with Crippen LogP contribution in [0, 0.1) is 0 Å². The second-order valence-electron chi connectivity index (χ2n) is 12.2. The number of nitrogens with one attached hydrogen (secondary N) is 2. The van der Waals surface area contributed by atoms with Crippen molar-refractivity contribution >= 4 is 61.5 Å². The van der Waals surface area contributed by atoms with Crippen LogP contribution in [0.4, 0.5) is 21.2 Å². The molecule has 4 N–H and O–H groups in total. The lowest BCUT2D eigenvalue weighted by atomic mass is 10.4. The van der Waals surface area contributed by atoms with E-state index >= 15 is 0 Å². The molecule has 0 saturated carbocycles. The molecule has 55 heavy (non-hydrogen) atoms. The summed E-state index contributed by atoms with van der Waals surface area (Å²) in [6, 6.07) is 0. The summed E-state index contributed by atoms with van der Waals surface area (Å²) in [5.74, 6) is 0.811. The maximum absolute atomic E-state index is 12.3. The number of nitrogens with zero attached hydrogens (tertiary/aromatic N) is 8. The monoisotopic (exact) mass is 818 g/mol. The smallest absolute Gasteiger partial charge is 0.432 e. The second-order valence-corrected chi connectivity index (χ2v) is 15.8. The first-order valence-electron chi connectivity index (χ1n) is 16.6. The summed E-state index contributed by atoms with van der Waals surface area (Å²) in [5.41, 5.74) is 1.83. The predicted molar refractivity (Wildman–Crippen MR) is 191 cm³/mol. The topological polar surface area (TPSA) is 294 Å². The van der Waals surface area contributed by atoms with Crippen molar-refractivity contribution in [3.05, 3.63) is 25.3 Å². The third-order valence-electron chi connectivity index (χ3n) is 6.79. The van der Waals surface area contributed by atoms with E-state index in [-0.39, 0.29) is 19.8 Å². The van der Waals surface area contributed by atoms with Crippen molar-refractivity contribution in [3.8, 4) is 0 Å². The molecular weight excluding hydrogens is 774 g/mol. The fourth-order valence-electron chi connectivity index (χ4n) is 4.44. The summed E-state index contributed by atoms with van der Waals surface area (Å²) in [6.45, 7) is 8.87. The standard InChI is InChI=1S/C29H44N10O14P2/c1-18(2)52-28(40)46-14-50-54(42,43)16-48-20(5)7-38-12-36-22-24(32-10-34-26(22)38)30-9-31-25-23-27(35-11-33-25)39(13-37-23)8-21(6)49-17-55(44,45)51-15-47-29(41)53-19(3)4/h10-13,18-21H,7-9,14-17H2,1-6H3,(H,42,43)(H,44,45)(H,30,32,34)(H,31,33,35)/t20-,21-/m1/s1. The molecule has 24 nitrogen and oxygen atoms in total. The van der Waals surface area contributed by atoms with Gasteiger partial charge in [0.05, 0.1) is 56.8 Å². The van der Waals surface area contributed by atoms with Crippen molar-refractivity contribution in [2.45, 2.75) is 79.0 Å². The zero-order valence-electron chi connectivity index (χ0n) is 30.8. The van der Waals surface area contributed by atoms with Gasteiger partial charge >= 0.3 is 27.5 Å². The second kappa shape index (κ2) is 19.9. The van der Waals surface area contributed by atoms with Crippen molar-refractivity contribution in [1.82, 2.24) is 39.0 Å². The van der Waals surface area contributed by atoms with Crippen LogP contribution in [0.5, 0.6) is 0 Å². The Balaban J connectivity index is 1.25. The molecule has 2 unspecified atom stereocenters. The van der Waals surface area contributed by atoms with E-state index in [1.54, 1.807) is 50.7 Å². The predicted octanol–water partition coefficient (Wildman–Crippen LogP) is 3.61. The van der Waals surface area contributed by atoms with Gasteiger partial charge in [-0.15, -0.1) is 0 Å². The summed E-state index contributed by atoms with van der Waals surface area (Å²) < 4.78 is 67.2. The fourth-order valence-corrected chi connectivity index (χ4v) is 5.91. The first-order chi connectivity index (χ1) is 26.0. The molecule has 0 radical (unpaired) electrons. The molecule has 0 spiro atoms. The van der Waals surface area contributed by atoms with E-state index in [2.05, 4.69) is 50.0 Å². The highest BCUT2D eigenvalue weighted by molar-refractivity contribution is 7.52. The molecule has 0 aliphatic rings. The number of aromatic nitrogens is 8. The van der Waals surface area contributed by atoms with Crippen LogP contribution in [0.1, 0.15) is 41.5 Å². The largest absolute Gasteiger partial charge is 0.510 e. The van der Waals surface area contributed by atoms with Crippen LogP contribution in [0.15, 0.2) is 25.3 Å². The van der Waals surface area contributed by atoms with Gasteiger partial charge in [-0.2, -0.15) is 0 Å². The molecule has 0 fully saturated rings. The van der Waals surface area contributed by atoms with Crippen LogP contribution in [-0.2, 0) is 59.7 Å². The zero-order valence-corrected chi connectivity index (χ0v) is 32.6. The van der Waals surface area contributed by atoms with E-state index in [1.807, 2.05) is 0 Å². The van der Waals surface area contributed by atoms with Gasteiger partial charge in [0.15, 0.2) is 22.9 Å². The number of fused-ring (bicyclic) bond motifs is 2.